The van der Waals surface area contributed by atoms with Gasteiger partial charge in [-0.15, -0.1) is 22.7 Å². The Kier molecular flexibility index (Phi) is 32.3. The third-order valence-electron chi connectivity index (χ3n) is 21.9. The number of anilines is 4. The number of alkyl carbamates (subject to hydrolysis) is 2. The van der Waals surface area contributed by atoms with Gasteiger partial charge in [0.1, 0.15) is 76.3 Å². The van der Waals surface area contributed by atoms with Crippen LogP contribution in [-0.4, -0.2) is 274 Å². The second kappa shape index (κ2) is 43.3. The normalized spacial score (nSPS) is 18.8. The van der Waals surface area contributed by atoms with Crippen molar-refractivity contribution in [3.63, 3.8) is 0 Å². The Morgan fingerprint density at radius 1 is 0.500 bits per heavy atom. The Labute approximate surface area is 784 Å². The Morgan fingerprint density at radius 3 is 1.33 bits per heavy atom. The SMILES string of the molecule is CN(CCCC(=O)NCCNC(=O)O[C@@H]1[C@H](O)[C@@H](COP(=O)(O)OP(=O)([O-])O)O[C@H]1n1cnc2c(N)ncnc21)C(=O)c1ccccc1-c1c2ccc(=[N+](C)C)cc-2sc2cc(N(C)C)ccc12.CN(CCCC(=O)NCCNC(=O)O[C@H]1[C@@H](O)[C@H](n2cnc3c(N)ncnc32)O[C@@H]1COP(=O)(O)OP(=O)([O-])O)C(=O)c1ccccc1-c1c2ccc(=[N+](C)C)cc-2sc2cc(N(C)C)ccc12. The number of aliphatic hydroxyl groups excluding tert-OH is 2. The summed E-state index contributed by atoms with van der Waals surface area (Å²) >= 11 is 3.40. The molecule has 8 aromatic rings. The van der Waals surface area contributed by atoms with Gasteiger partial charge >= 0.3 is 27.8 Å². The number of nitrogens with one attached hydrogen (secondary N) is 4. The van der Waals surface area contributed by atoms with Gasteiger partial charge in [-0.3, -0.25) is 46.5 Å². The molecule has 2 aliphatic carbocycles. The minimum atomic E-state index is -5.72. The van der Waals surface area contributed by atoms with E-state index >= 15 is 0 Å². The van der Waals surface area contributed by atoms with Crippen molar-refractivity contribution in [3.05, 3.63) is 168 Å². The topological polar surface area (TPSA) is 618 Å². The summed E-state index contributed by atoms with van der Waals surface area (Å²) in [6, 6.07) is 40.4. The Balaban J connectivity index is 0.000000230. The van der Waals surface area contributed by atoms with E-state index in [1.165, 1.54) is 21.8 Å². The maximum absolute atomic E-state index is 14.1. The summed E-state index contributed by atoms with van der Waals surface area (Å²) in [7, 11) is -2.90. The van der Waals surface area contributed by atoms with Crippen LogP contribution >= 0.6 is 54.0 Å². The zero-order valence-corrected chi connectivity index (χ0v) is 80.0. The van der Waals surface area contributed by atoms with Gasteiger partial charge in [0.2, 0.25) is 22.5 Å². The Bertz CT molecular complexity index is 6790. The largest absolute Gasteiger partial charge is 0.756 e. The molecule has 6 aliphatic rings. The van der Waals surface area contributed by atoms with Crippen LogP contribution in [0.25, 0.3) is 85.6 Å². The van der Waals surface area contributed by atoms with E-state index in [9.17, 15) is 76.8 Å². The number of nitrogens with two attached hydrogens (primary N) is 2. The summed E-state index contributed by atoms with van der Waals surface area (Å²) in [5.41, 5.74) is 21.0. The molecule has 6 amide bonds. The fourth-order valence-electron chi connectivity index (χ4n) is 15.2. The molecule has 2 saturated heterocycles. The van der Waals surface area contributed by atoms with Crippen LogP contribution in [-0.2, 0) is 64.5 Å². The summed E-state index contributed by atoms with van der Waals surface area (Å²) < 4.78 is 94.2. The molecular weight excluding hydrogens is 1890 g/mol. The number of nitrogen functional groups attached to an aromatic ring is 2. The van der Waals surface area contributed by atoms with Crippen molar-refractivity contribution >= 4 is 155 Å². The molecule has 2 fully saturated rings. The number of phosphoric acid groups is 4. The third-order valence-corrected chi connectivity index (χ3v) is 28.3. The van der Waals surface area contributed by atoms with Gasteiger partial charge in [0.25, 0.3) is 27.5 Å². The standard InChI is InChI=1S/2C42H50N10O13P2S/c1-49(2)24-12-14-28-31(19-24)68-32-20-25(50(3)4)13-15-29(32)34(28)26-9-6-7-10-27(26)40(55)51(5)18-8-11-33(53)44-16-17-45-42(56)64-37-30(21-62-67(60,61)65-66(57,58)59)63-41(36(37)54)52-23-48-35-38(43)46-22-47-39(35)52;1-49(2)24-12-14-28-31(19-24)68-32-20-25(50(3)4)13-15-29(32)34(28)26-9-6-7-10-27(26)40(55)51(5)18-8-11-33(53)44-16-17-45-42(56)64-37-36(54)30(21-62-67(60,61)65-66(57,58)59)63-41(37)52-23-48-35-38(43)46-22-47-39(35)52/h2*6-7,9-10,12-15,19-20,22-23,30,36-37,41,54H,8,11,16-18,21H2,1-5H3,(H6-,43,44,45,46,47,53,56,57,58,59,60,61)/t2*30-,36-,37-,41-/m11/s1. The molecule has 0 radical (unpaired) electrons. The number of phosphoric ester groups is 2. The lowest BCUT2D eigenvalue weighted by atomic mass is 9.91. The number of hydrogen-bond acceptors (Lipinski definition) is 34. The molecule has 0 saturated carbocycles. The highest BCUT2D eigenvalue weighted by Crippen LogP contribution is 2.58. The van der Waals surface area contributed by atoms with Gasteiger partial charge in [-0.1, -0.05) is 48.5 Å². The predicted molar refractivity (Wildman–Crippen MR) is 498 cm³/mol. The summed E-state index contributed by atoms with van der Waals surface area (Å²) in [6.07, 6.45) is -9.18. The molecule has 52 heteroatoms. The minimum Gasteiger partial charge on any atom is -0.756 e. The van der Waals surface area contributed by atoms with E-state index in [2.05, 4.69) is 161 Å². The zero-order chi connectivity index (χ0) is 98.2. The van der Waals surface area contributed by atoms with Crippen molar-refractivity contribution in [2.45, 2.75) is 74.8 Å². The van der Waals surface area contributed by atoms with Crippen LogP contribution in [0.3, 0.4) is 0 Å². The number of hydrogen-bond donors (Lipinski definition) is 12. The highest BCUT2D eigenvalue weighted by atomic mass is 32.1. The van der Waals surface area contributed by atoms with Crippen molar-refractivity contribution in [1.29, 1.82) is 0 Å². The van der Waals surface area contributed by atoms with E-state index in [4.69, 9.17) is 40.2 Å². The Morgan fingerprint density at radius 2 is 0.904 bits per heavy atom. The fourth-order valence-corrected chi connectivity index (χ4v) is 20.7. The molecule has 724 valence electrons. The van der Waals surface area contributed by atoms with E-state index in [1.807, 2.05) is 105 Å². The second-order valence-electron chi connectivity index (χ2n) is 32.2. The van der Waals surface area contributed by atoms with Gasteiger partial charge in [0.15, 0.2) is 47.6 Å². The lowest BCUT2D eigenvalue weighted by molar-refractivity contribution is -0.214. The molecule has 4 aliphatic heterocycles. The number of rotatable bonds is 34. The molecular formula is C84H100N20O26P4S2. The highest BCUT2D eigenvalue weighted by Gasteiger charge is 2.51. The monoisotopic (exact) mass is 1990 g/mol. The molecule has 46 nitrogen and oxygen atoms in total. The molecule has 14 rings (SSSR count). The molecule has 14 N–H and O–H groups in total. The molecule has 4 aromatic carbocycles. The first-order valence-electron chi connectivity index (χ1n) is 41.9. The number of aliphatic hydroxyl groups is 2. The van der Waals surface area contributed by atoms with E-state index in [0.717, 1.165) is 98.1 Å². The first kappa shape index (κ1) is 102. The van der Waals surface area contributed by atoms with Gasteiger partial charge in [-0.2, -0.15) is 0 Å². The average Bonchev–Trinajstić information content (AvgIpc) is 1.14. The number of carbonyl (C=O) groups excluding carboxylic acids is 6. The van der Waals surface area contributed by atoms with Crippen LogP contribution in [0, 0.1) is 0 Å². The lowest BCUT2D eigenvalue weighted by Crippen LogP contribution is -2.42. The van der Waals surface area contributed by atoms with Gasteiger partial charge in [0, 0.05) is 182 Å². The number of imidazole rings is 2. The number of aromatic nitrogens is 8. The highest BCUT2D eigenvalue weighted by molar-refractivity contribution is 7.60. The summed E-state index contributed by atoms with van der Waals surface area (Å²) in [4.78, 5) is 173. The van der Waals surface area contributed by atoms with Crippen molar-refractivity contribution in [2.75, 3.05) is 144 Å². The van der Waals surface area contributed by atoms with Crippen LogP contribution in [0.1, 0.15) is 58.9 Å². The Hall–Kier alpha value is -11.8. The molecule has 136 heavy (non-hydrogen) atoms. The van der Waals surface area contributed by atoms with E-state index in [0.29, 0.717) is 24.0 Å². The number of fused-ring (bicyclic) bond motifs is 6. The van der Waals surface area contributed by atoms with Crippen molar-refractivity contribution in [1.82, 2.24) is 79.3 Å². The molecule has 0 bridgehead atoms. The van der Waals surface area contributed by atoms with Gasteiger partial charge in [0.05, 0.1) is 25.9 Å². The zero-order valence-electron chi connectivity index (χ0n) is 74.8. The first-order valence-corrected chi connectivity index (χ1v) is 49.5. The number of benzene rings is 6. The van der Waals surface area contributed by atoms with Crippen LogP contribution in [0.4, 0.5) is 32.6 Å². The van der Waals surface area contributed by atoms with E-state index in [-0.39, 0.29) is 110 Å². The van der Waals surface area contributed by atoms with Crippen molar-refractivity contribution in [3.8, 4) is 43.1 Å². The van der Waals surface area contributed by atoms with Gasteiger partial charge < -0.3 is 111 Å². The quantitative estimate of drug-likeness (QED) is 0.0116. The first-order chi connectivity index (χ1) is 64.4. The van der Waals surface area contributed by atoms with Crippen molar-refractivity contribution in [2.24, 2.45) is 0 Å². The van der Waals surface area contributed by atoms with Gasteiger partial charge in [-0.25, -0.2) is 66.4 Å². The molecule has 8 heterocycles. The number of ether oxygens (including phenoxy) is 4. The number of amides is 6. The summed E-state index contributed by atoms with van der Waals surface area (Å²) in [5, 5.41) is 36.8. The van der Waals surface area contributed by atoms with E-state index in [1.54, 1.807) is 46.6 Å². The molecule has 4 unspecified atom stereocenters. The number of carbonyl (C=O) groups is 6. The molecule has 12 atom stereocenters. The average molecular weight is 1990 g/mol. The fraction of sp³-hybridized carbons (Fsp3) is 0.357. The summed E-state index contributed by atoms with van der Waals surface area (Å²) in [6.45, 7) is -1.72. The smallest absolute Gasteiger partial charge is 0.478 e. The second-order valence-corrected chi connectivity index (χ2v) is 39.9. The maximum Gasteiger partial charge on any atom is 0.478 e. The van der Waals surface area contributed by atoms with Crippen molar-refractivity contribution < 1.29 is 123 Å². The lowest BCUT2D eigenvalue weighted by Gasteiger charge is -2.23. The number of nitrogens with zero attached hydrogens (tertiary/aromatic N) is 14. The van der Waals surface area contributed by atoms with E-state index < -0.39 is 106 Å². The van der Waals surface area contributed by atoms with Crippen LogP contribution < -0.4 is 72.2 Å². The molecule has 0 spiro atoms. The third kappa shape index (κ3) is 24.6. The maximum atomic E-state index is 14.1. The molecule has 4 aromatic heterocycles. The predicted octanol–water partition coefficient (Wildman–Crippen LogP) is 4.22. The van der Waals surface area contributed by atoms with Gasteiger partial charge in [-0.05, 0) is 83.6 Å². The minimum absolute atomic E-state index is 0.000214. The van der Waals surface area contributed by atoms with Crippen LogP contribution in [0.2, 0.25) is 0 Å². The summed E-state index contributed by atoms with van der Waals surface area (Å²) in [5.74, 6) is -1.09. The van der Waals surface area contributed by atoms with Crippen LogP contribution in [0.15, 0.2) is 147 Å². The van der Waals surface area contributed by atoms with Crippen LogP contribution in [0.5, 0.6) is 0 Å².